The molecular weight excluding hydrogens is 266 g/mol. The van der Waals surface area contributed by atoms with Gasteiger partial charge in [-0.25, -0.2) is 4.98 Å². The number of thiazole rings is 1. The zero-order valence-corrected chi connectivity index (χ0v) is 12.9. The Hall–Kier alpha value is -1.23. The maximum Gasteiger partial charge on any atom is 0.123 e. The average molecular weight is 287 g/mol. The SMILES string of the molecule is Cc1ccc(-c2nc(CN3CCN[C@@H](C)C3)cs2)cc1. The molecule has 0 saturated carbocycles. The van der Waals surface area contributed by atoms with Crippen LogP contribution in [0.5, 0.6) is 0 Å². The van der Waals surface area contributed by atoms with Gasteiger partial charge < -0.3 is 5.32 Å². The highest BCUT2D eigenvalue weighted by Crippen LogP contribution is 2.24. The number of aromatic nitrogens is 1. The molecule has 0 radical (unpaired) electrons. The Morgan fingerprint density at radius 3 is 2.90 bits per heavy atom. The van der Waals surface area contributed by atoms with E-state index in [-0.39, 0.29) is 0 Å². The Bertz CT molecular complexity index is 561. The van der Waals surface area contributed by atoms with Gasteiger partial charge in [-0.3, -0.25) is 4.90 Å². The van der Waals surface area contributed by atoms with Gasteiger partial charge in [-0.05, 0) is 13.8 Å². The van der Waals surface area contributed by atoms with Crippen molar-refractivity contribution in [2.24, 2.45) is 0 Å². The summed E-state index contributed by atoms with van der Waals surface area (Å²) >= 11 is 1.74. The van der Waals surface area contributed by atoms with Gasteiger partial charge in [0.1, 0.15) is 5.01 Å². The fourth-order valence-electron chi connectivity index (χ4n) is 2.59. The highest BCUT2D eigenvalue weighted by molar-refractivity contribution is 7.13. The fraction of sp³-hybridized carbons (Fsp3) is 0.438. The van der Waals surface area contributed by atoms with Crippen molar-refractivity contribution in [2.75, 3.05) is 19.6 Å². The lowest BCUT2D eigenvalue weighted by Gasteiger charge is -2.31. The number of nitrogens with one attached hydrogen (secondary N) is 1. The van der Waals surface area contributed by atoms with Gasteiger partial charge in [0.25, 0.3) is 0 Å². The molecular formula is C16H21N3S. The number of hydrogen-bond donors (Lipinski definition) is 1. The van der Waals surface area contributed by atoms with Crippen molar-refractivity contribution in [2.45, 2.75) is 26.4 Å². The Balaban J connectivity index is 1.69. The highest BCUT2D eigenvalue weighted by atomic mass is 32.1. The molecule has 0 unspecified atom stereocenters. The summed E-state index contributed by atoms with van der Waals surface area (Å²) in [7, 11) is 0. The second kappa shape index (κ2) is 6.04. The lowest BCUT2D eigenvalue weighted by atomic mass is 10.2. The average Bonchev–Trinajstić information content (AvgIpc) is 2.88. The molecule has 1 aromatic heterocycles. The first kappa shape index (κ1) is 13.7. The summed E-state index contributed by atoms with van der Waals surface area (Å²) in [6, 6.07) is 9.19. The molecule has 3 nitrogen and oxygen atoms in total. The van der Waals surface area contributed by atoms with Crippen LogP contribution in [-0.2, 0) is 6.54 Å². The predicted octanol–water partition coefficient (Wildman–Crippen LogP) is 2.91. The van der Waals surface area contributed by atoms with Crippen molar-refractivity contribution in [3.63, 3.8) is 0 Å². The van der Waals surface area contributed by atoms with Gasteiger partial charge in [-0.15, -0.1) is 11.3 Å². The maximum absolute atomic E-state index is 4.79. The zero-order chi connectivity index (χ0) is 13.9. The minimum Gasteiger partial charge on any atom is -0.312 e. The Labute approximate surface area is 124 Å². The molecule has 1 aliphatic heterocycles. The molecule has 0 bridgehead atoms. The van der Waals surface area contributed by atoms with Gasteiger partial charge >= 0.3 is 0 Å². The third kappa shape index (κ3) is 3.26. The molecule has 2 aromatic rings. The first-order valence-electron chi connectivity index (χ1n) is 7.18. The Kier molecular flexibility index (Phi) is 4.15. The zero-order valence-electron chi connectivity index (χ0n) is 12.1. The molecule has 1 aromatic carbocycles. The largest absolute Gasteiger partial charge is 0.312 e. The van der Waals surface area contributed by atoms with Crippen molar-refractivity contribution < 1.29 is 0 Å². The number of piperazine rings is 1. The van der Waals surface area contributed by atoms with Crippen molar-refractivity contribution in [3.05, 3.63) is 40.9 Å². The highest BCUT2D eigenvalue weighted by Gasteiger charge is 2.16. The molecule has 1 N–H and O–H groups in total. The van der Waals surface area contributed by atoms with Gasteiger partial charge in [0.2, 0.25) is 0 Å². The molecule has 0 aliphatic carbocycles. The van der Waals surface area contributed by atoms with E-state index in [0.717, 1.165) is 31.2 Å². The maximum atomic E-state index is 4.79. The summed E-state index contributed by atoms with van der Waals surface area (Å²) in [6.45, 7) is 8.62. The Morgan fingerprint density at radius 1 is 1.35 bits per heavy atom. The summed E-state index contributed by atoms with van der Waals surface area (Å²) in [5.41, 5.74) is 3.71. The van der Waals surface area contributed by atoms with E-state index in [9.17, 15) is 0 Å². The number of benzene rings is 1. The monoisotopic (exact) mass is 287 g/mol. The van der Waals surface area contributed by atoms with Gasteiger partial charge in [-0.1, -0.05) is 29.8 Å². The molecule has 1 saturated heterocycles. The lowest BCUT2D eigenvalue weighted by Crippen LogP contribution is -2.48. The first-order valence-corrected chi connectivity index (χ1v) is 8.06. The topological polar surface area (TPSA) is 28.2 Å². The minimum atomic E-state index is 0.582. The second-order valence-electron chi connectivity index (χ2n) is 5.60. The van der Waals surface area contributed by atoms with E-state index in [2.05, 4.69) is 53.7 Å². The summed E-state index contributed by atoms with van der Waals surface area (Å²) in [5.74, 6) is 0. The van der Waals surface area contributed by atoms with Crippen molar-refractivity contribution in [3.8, 4) is 10.6 Å². The molecule has 0 amide bonds. The van der Waals surface area contributed by atoms with Gasteiger partial charge in [-0.2, -0.15) is 0 Å². The number of rotatable bonds is 3. The van der Waals surface area contributed by atoms with Crippen LogP contribution in [-0.4, -0.2) is 35.6 Å². The summed E-state index contributed by atoms with van der Waals surface area (Å²) in [6.07, 6.45) is 0. The molecule has 20 heavy (non-hydrogen) atoms. The van der Waals surface area contributed by atoms with Crippen molar-refractivity contribution in [1.82, 2.24) is 15.2 Å². The van der Waals surface area contributed by atoms with Gasteiger partial charge in [0, 0.05) is 43.2 Å². The van der Waals surface area contributed by atoms with Crippen LogP contribution in [0.4, 0.5) is 0 Å². The summed E-state index contributed by atoms with van der Waals surface area (Å²) in [5, 5.41) is 6.80. The van der Waals surface area contributed by atoms with E-state index >= 15 is 0 Å². The first-order chi connectivity index (χ1) is 9.70. The van der Waals surface area contributed by atoms with Crippen LogP contribution in [0.15, 0.2) is 29.6 Å². The van der Waals surface area contributed by atoms with Crippen LogP contribution in [0.2, 0.25) is 0 Å². The molecule has 1 fully saturated rings. The third-order valence-electron chi connectivity index (χ3n) is 3.69. The standard InChI is InChI=1S/C16H21N3S/c1-12-3-5-14(6-4-12)16-18-15(11-20-16)10-19-8-7-17-13(2)9-19/h3-6,11,13,17H,7-10H2,1-2H3/t13-/m0/s1. The predicted molar refractivity (Wildman–Crippen MR) is 85.0 cm³/mol. The fourth-order valence-corrected chi connectivity index (χ4v) is 3.41. The molecule has 106 valence electrons. The van der Waals surface area contributed by atoms with E-state index in [0.29, 0.717) is 6.04 Å². The third-order valence-corrected chi connectivity index (χ3v) is 4.63. The van der Waals surface area contributed by atoms with E-state index in [1.54, 1.807) is 11.3 Å². The van der Waals surface area contributed by atoms with E-state index < -0.39 is 0 Å². The molecule has 1 aliphatic rings. The molecule has 2 heterocycles. The van der Waals surface area contributed by atoms with Gasteiger partial charge in [0.15, 0.2) is 0 Å². The van der Waals surface area contributed by atoms with Crippen LogP contribution in [0, 0.1) is 6.92 Å². The van der Waals surface area contributed by atoms with E-state index in [4.69, 9.17) is 4.98 Å². The number of nitrogens with zero attached hydrogens (tertiary/aromatic N) is 2. The lowest BCUT2D eigenvalue weighted by molar-refractivity contribution is 0.198. The van der Waals surface area contributed by atoms with E-state index in [1.807, 2.05) is 0 Å². The smallest absolute Gasteiger partial charge is 0.123 e. The van der Waals surface area contributed by atoms with Crippen LogP contribution >= 0.6 is 11.3 Å². The second-order valence-corrected chi connectivity index (χ2v) is 6.46. The molecule has 3 rings (SSSR count). The molecule has 1 atom stereocenters. The van der Waals surface area contributed by atoms with E-state index in [1.165, 1.54) is 16.8 Å². The van der Waals surface area contributed by atoms with Gasteiger partial charge in [0.05, 0.1) is 5.69 Å². The number of aryl methyl sites for hydroxylation is 1. The number of hydrogen-bond acceptors (Lipinski definition) is 4. The van der Waals surface area contributed by atoms with Crippen molar-refractivity contribution >= 4 is 11.3 Å². The van der Waals surface area contributed by atoms with Crippen LogP contribution in [0.3, 0.4) is 0 Å². The molecule has 4 heteroatoms. The normalized spacial score (nSPS) is 20.2. The van der Waals surface area contributed by atoms with Crippen LogP contribution in [0.1, 0.15) is 18.2 Å². The minimum absolute atomic E-state index is 0.582. The Morgan fingerprint density at radius 2 is 2.15 bits per heavy atom. The molecule has 0 spiro atoms. The quantitative estimate of drug-likeness (QED) is 0.941. The summed E-state index contributed by atoms with van der Waals surface area (Å²) < 4.78 is 0. The van der Waals surface area contributed by atoms with Crippen LogP contribution < -0.4 is 5.32 Å². The summed E-state index contributed by atoms with van der Waals surface area (Å²) in [4.78, 5) is 7.27. The van der Waals surface area contributed by atoms with Crippen molar-refractivity contribution in [1.29, 1.82) is 0 Å². The van der Waals surface area contributed by atoms with Crippen LogP contribution in [0.25, 0.3) is 10.6 Å².